The Hall–Kier alpha value is -2.67. The van der Waals surface area contributed by atoms with Gasteiger partial charge in [-0.1, -0.05) is 30.3 Å². The quantitative estimate of drug-likeness (QED) is 0.725. The molecule has 0 spiro atoms. The average molecular weight is 438 g/mol. The van der Waals surface area contributed by atoms with Gasteiger partial charge in [-0.15, -0.1) is 0 Å². The summed E-state index contributed by atoms with van der Waals surface area (Å²) in [7, 11) is 0. The first kappa shape index (κ1) is 22.5. The van der Waals surface area contributed by atoms with Gasteiger partial charge in [0.05, 0.1) is 11.4 Å². The monoisotopic (exact) mass is 437 g/mol. The summed E-state index contributed by atoms with van der Waals surface area (Å²) in [6.07, 6.45) is 3.39. The maximum atomic E-state index is 13.0. The second-order valence-corrected chi connectivity index (χ2v) is 9.27. The van der Waals surface area contributed by atoms with E-state index in [0.717, 1.165) is 56.2 Å². The normalized spacial score (nSPS) is 22.8. The van der Waals surface area contributed by atoms with Gasteiger partial charge < -0.3 is 14.5 Å². The number of amides is 1. The average Bonchev–Trinajstić information content (AvgIpc) is 2.79. The fourth-order valence-electron chi connectivity index (χ4n) is 4.71. The van der Waals surface area contributed by atoms with Crippen molar-refractivity contribution in [3.63, 3.8) is 0 Å². The van der Waals surface area contributed by atoms with E-state index in [2.05, 4.69) is 52.9 Å². The van der Waals surface area contributed by atoms with Crippen LogP contribution in [-0.4, -0.2) is 70.2 Å². The Morgan fingerprint density at radius 3 is 2.50 bits per heavy atom. The second-order valence-electron chi connectivity index (χ2n) is 9.27. The first-order valence-electron chi connectivity index (χ1n) is 11.7. The molecule has 4 rings (SSSR count). The molecule has 1 amide bonds. The number of hydrogen-bond acceptors (Lipinski definition) is 6. The lowest BCUT2D eigenvalue weighted by molar-refractivity contribution is 0.0166. The summed E-state index contributed by atoms with van der Waals surface area (Å²) in [6, 6.07) is 10.7. The SMILES string of the molecule is Cc1cnc(C)c(N2C[C@@H](C)N(C(=O)OC3CCN(Cc4ccccc4)CC3)C[C@@H]2C)n1. The molecule has 172 valence electrons. The highest BCUT2D eigenvalue weighted by Crippen LogP contribution is 2.25. The summed E-state index contributed by atoms with van der Waals surface area (Å²) in [5.74, 6) is 0.920. The van der Waals surface area contributed by atoms with Gasteiger partial charge in [-0.25, -0.2) is 9.78 Å². The molecule has 0 saturated carbocycles. The standard InChI is InChI=1S/C25H35N5O2/c1-18-14-26-21(4)24(27-18)29-15-20(3)30(16-19(29)2)25(31)32-23-10-12-28(13-11-23)17-22-8-6-5-7-9-22/h5-9,14,19-20,23H,10-13,15-17H2,1-4H3/t19-,20+/m0/s1. The van der Waals surface area contributed by atoms with E-state index in [1.807, 2.05) is 24.8 Å². The molecule has 0 N–H and O–H groups in total. The van der Waals surface area contributed by atoms with Crippen LogP contribution in [-0.2, 0) is 11.3 Å². The molecule has 0 unspecified atom stereocenters. The van der Waals surface area contributed by atoms with Crippen molar-refractivity contribution in [2.75, 3.05) is 31.1 Å². The van der Waals surface area contributed by atoms with Gasteiger partial charge in [0.2, 0.25) is 0 Å². The highest BCUT2D eigenvalue weighted by Gasteiger charge is 2.35. The molecule has 2 aliphatic heterocycles. The number of aromatic nitrogens is 2. The number of hydrogen-bond donors (Lipinski definition) is 0. The number of piperidine rings is 1. The number of anilines is 1. The Bertz CT molecular complexity index is 914. The van der Waals surface area contributed by atoms with Gasteiger partial charge in [0.25, 0.3) is 0 Å². The van der Waals surface area contributed by atoms with Gasteiger partial charge in [0.15, 0.2) is 5.82 Å². The van der Waals surface area contributed by atoms with Gasteiger partial charge >= 0.3 is 6.09 Å². The molecule has 2 atom stereocenters. The van der Waals surface area contributed by atoms with Crippen molar-refractivity contribution in [2.45, 2.75) is 65.3 Å². The molecule has 2 aliphatic rings. The maximum Gasteiger partial charge on any atom is 0.410 e. The third kappa shape index (κ3) is 5.21. The van der Waals surface area contributed by atoms with E-state index in [9.17, 15) is 4.79 Å². The number of benzene rings is 1. The topological polar surface area (TPSA) is 61.8 Å². The smallest absolute Gasteiger partial charge is 0.410 e. The van der Waals surface area contributed by atoms with Gasteiger partial charge in [-0.05, 0) is 46.1 Å². The van der Waals surface area contributed by atoms with Crippen molar-refractivity contribution in [2.24, 2.45) is 0 Å². The molecular weight excluding hydrogens is 402 g/mol. The molecule has 2 saturated heterocycles. The number of carbonyl (C=O) groups is 1. The summed E-state index contributed by atoms with van der Waals surface area (Å²) in [5.41, 5.74) is 3.16. The predicted molar refractivity (Wildman–Crippen MR) is 126 cm³/mol. The molecule has 2 fully saturated rings. The van der Waals surface area contributed by atoms with Crippen LogP contribution in [0.4, 0.5) is 10.6 Å². The Kier molecular flexibility index (Phi) is 6.94. The minimum Gasteiger partial charge on any atom is -0.446 e. The molecule has 2 aromatic rings. The minimum absolute atomic E-state index is 0.0000527. The van der Waals surface area contributed by atoms with E-state index in [0.29, 0.717) is 6.54 Å². The van der Waals surface area contributed by atoms with E-state index >= 15 is 0 Å². The lowest BCUT2D eigenvalue weighted by atomic mass is 10.1. The van der Waals surface area contributed by atoms with E-state index < -0.39 is 0 Å². The molecule has 0 radical (unpaired) electrons. The van der Waals surface area contributed by atoms with Crippen LogP contribution < -0.4 is 4.90 Å². The molecule has 3 heterocycles. The highest BCUT2D eigenvalue weighted by atomic mass is 16.6. The lowest BCUT2D eigenvalue weighted by Gasteiger charge is -2.44. The summed E-state index contributed by atoms with van der Waals surface area (Å²) in [6.45, 7) is 12.4. The van der Waals surface area contributed by atoms with Crippen molar-refractivity contribution in [1.29, 1.82) is 0 Å². The van der Waals surface area contributed by atoms with Crippen molar-refractivity contribution >= 4 is 11.9 Å². The molecule has 0 bridgehead atoms. The first-order valence-corrected chi connectivity index (χ1v) is 11.7. The second kappa shape index (κ2) is 9.86. The van der Waals surface area contributed by atoms with E-state index in [1.165, 1.54) is 5.56 Å². The molecule has 1 aromatic heterocycles. The number of aryl methyl sites for hydroxylation is 2. The van der Waals surface area contributed by atoms with Crippen molar-refractivity contribution in [3.05, 3.63) is 53.5 Å². The van der Waals surface area contributed by atoms with Crippen LogP contribution in [0.3, 0.4) is 0 Å². The summed E-state index contributed by atoms with van der Waals surface area (Å²) in [4.78, 5) is 28.8. The van der Waals surface area contributed by atoms with Gasteiger partial charge in [-0.2, -0.15) is 0 Å². The van der Waals surface area contributed by atoms with Gasteiger partial charge in [0.1, 0.15) is 6.10 Å². The largest absolute Gasteiger partial charge is 0.446 e. The van der Waals surface area contributed by atoms with Crippen molar-refractivity contribution < 1.29 is 9.53 Å². The Labute approximate surface area is 191 Å². The molecule has 7 heteroatoms. The van der Waals surface area contributed by atoms with Crippen LogP contribution in [0.25, 0.3) is 0 Å². The zero-order valence-electron chi connectivity index (χ0n) is 19.7. The lowest BCUT2D eigenvalue weighted by Crippen LogP contribution is -2.59. The number of likely N-dealkylation sites (tertiary alicyclic amines) is 1. The fourth-order valence-corrected chi connectivity index (χ4v) is 4.71. The minimum atomic E-state index is -0.183. The zero-order chi connectivity index (χ0) is 22.7. The van der Waals surface area contributed by atoms with Crippen LogP contribution in [0.15, 0.2) is 36.5 Å². The number of nitrogens with zero attached hydrogens (tertiary/aromatic N) is 5. The summed E-state index contributed by atoms with van der Waals surface area (Å²) >= 11 is 0. The van der Waals surface area contributed by atoms with Crippen LogP contribution in [0.1, 0.15) is 43.6 Å². The fraction of sp³-hybridized carbons (Fsp3) is 0.560. The van der Waals surface area contributed by atoms with Gasteiger partial charge in [0, 0.05) is 51.0 Å². The highest BCUT2D eigenvalue weighted by molar-refractivity contribution is 5.69. The number of carbonyl (C=O) groups excluding carboxylic acids is 1. The van der Waals surface area contributed by atoms with E-state index in [4.69, 9.17) is 9.72 Å². The Balaban J connectivity index is 1.29. The molecular formula is C25H35N5O2. The Morgan fingerprint density at radius 1 is 1.06 bits per heavy atom. The first-order chi connectivity index (χ1) is 15.4. The van der Waals surface area contributed by atoms with Crippen molar-refractivity contribution in [1.82, 2.24) is 19.8 Å². The molecule has 0 aliphatic carbocycles. The molecule has 1 aromatic carbocycles. The van der Waals surface area contributed by atoms with Crippen LogP contribution in [0, 0.1) is 13.8 Å². The van der Waals surface area contributed by atoms with E-state index in [1.54, 1.807) is 6.20 Å². The zero-order valence-corrected chi connectivity index (χ0v) is 19.7. The number of piperazine rings is 1. The molecule has 32 heavy (non-hydrogen) atoms. The third-order valence-electron chi connectivity index (χ3n) is 6.59. The predicted octanol–water partition coefficient (Wildman–Crippen LogP) is 3.79. The molecule has 7 nitrogen and oxygen atoms in total. The van der Waals surface area contributed by atoms with Crippen molar-refractivity contribution in [3.8, 4) is 0 Å². The maximum absolute atomic E-state index is 13.0. The van der Waals surface area contributed by atoms with Gasteiger partial charge in [-0.3, -0.25) is 9.88 Å². The number of rotatable bonds is 4. The van der Waals surface area contributed by atoms with Crippen LogP contribution in [0.5, 0.6) is 0 Å². The van der Waals surface area contributed by atoms with Crippen LogP contribution >= 0.6 is 0 Å². The van der Waals surface area contributed by atoms with Crippen LogP contribution in [0.2, 0.25) is 0 Å². The number of ether oxygens (including phenoxy) is 1. The Morgan fingerprint density at radius 2 is 1.78 bits per heavy atom. The summed E-state index contributed by atoms with van der Waals surface area (Å²) < 4.78 is 5.95. The van der Waals surface area contributed by atoms with E-state index in [-0.39, 0.29) is 24.3 Å². The summed E-state index contributed by atoms with van der Waals surface area (Å²) in [5, 5.41) is 0. The third-order valence-corrected chi connectivity index (χ3v) is 6.59.